The van der Waals surface area contributed by atoms with Gasteiger partial charge in [-0.15, -0.1) is 11.3 Å². The first-order valence-electron chi connectivity index (χ1n) is 6.59. The molecule has 2 aromatic rings. The highest BCUT2D eigenvalue weighted by Gasteiger charge is 2.29. The van der Waals surface area contributed by atoms with Crippen LogP contribution < -0.4 is 0 Å². The summed E-state index contributed by atoms with van der Waals surface area (Å²) in [7, 11) is 0. The van der Waals surface area contributed by atoms with E-state index in [9.17, 15) is 9.59 Å². The number of hydrogen-bond acceptors (Lipinski definition) is 3. The van der Waals surface area contributed by atoms with Gasteiger partial charge in [-0.25, -0.2) is 0 Å². The summed E-state index contributed by atoms with van der Waals surface area (Å²) in [5, 5.41) is 0. The molecule has 0 atom stereocenters. The molecule has 20 heavy (non-hydrogen) atoms. The highest BCUT2D eigenvalue weighted by molar-refractivity contribution is 7.17. The molecule has 0 bridgehead atoms. The van der Waals surface area contributed by atoms with Crippen molar-refractivity contribution in [3.05, 3.63) is 46.3 Å². The number of carbonyl (C=O) groups excluding carboxylic acids is 2. The number of fused-ring (bicyclic) bond motifs is 1. The van der Waals surface area contributed by atoms with Crippen LogP contribution in [0, 0.1) is 0 Å². The Bertz CT molecular complexity index is 688. The van der Waals surface area contributed by atoms with E-state index in [0.29, 0.717) is 6.54 Å². The van der Waals surface area contributed by atoms with Crippen LogP contribution in [0.2, 0.25) is 0 Å². The molecule has 3 rings (SSSR count). The molecular formula is C16H15NO2S. The van der Waals surface area contributed by atoms with E-state index in [1.807, 2.05) is 43.0 Å². The number of aldehydes is 1. The molecule has 1 aliphatic heterocycles. The summed E-state index contributed by atoms with van der Waals surface area (Å²) in [6, 6.07) is 9.91. The zero-order valence-electron chi connectivity index (χ0n) is 11.4. The van der Waals surface area contributed by atoms with E-state index in [0.717, 1.165) is 32.7 Å². The second kappa shape index (κ2) is 4.87. The number of thiophene rings is 1. The van der Waals surface area contributed by atoms with Crippen LogP contribution in [0.5, 0.6) is 0 Å². The Balaban J connectivity index is 1.98. The van der Waals surface area contributed by atoms with Crippen LogP contribution in [-0.2, 0) is 6.54 Å². The molecule has 1 amide bonds. The summed E-state index contributed by atoms with van der Waals surface area (Å²) in [5.41, 5.74) is 2.94. The summed E-state index contributed by atoms with van der Waals surface area (Å²) in [6.07, 6.45) is 0.867. The summed E-state index contributed by atoms with van der Waals surface area (Å²) >= 11 is 1.47. The van der Waals surface area contributed by atoms with Crippen LogP contribution in [0.4, 0.5) is 0 Å². The minimum atomic E-state index is 0.112. The molecule has 0 saturated heterocycles. The lowest BCUT2D eigenvalue weighted by molar-refractivity contribution is 0.0730. The predicted molar refractivity (Wildman–Crippen MR) is 80.2 cm³/mol. The van der Waals surface area contributed by atoms with Crippen molar-refractivity contribution in [2.24, 2.45) is 0 Å². The number of benzene rings is 1. The molecule has 0 fully saturated rings. The molecule has 3 nitrogen and oxygen atoms in total. The van der Waals surface area contributed by atoms with Crippen molar-refractivity contribution in [1.82, 2.24) is 4.90 Å². The summed E-state index contributed by atoms with van der Waals surface area (Å²) in [6.45, 7) is 4.73. The van der Waals surface area contributed by atoms with Crippen molar-refractivity contribution in [2.45, 2.75) is 26.4 Å². The van der Waals surface area contributed by atoms with Crippen LogP contribution in [0.3, 0.4) is 0 Å². The maximum absolute atomic E-state index is 12.2. The van der Waals surface area contributed by atoms with E-state index in [-0.39, 0.29) is 11.9 Å². The Morgan fingerprint density at radius 3 is 2.70 bits per heavy atom. The molecule has 1 aromatic heterocycles. The fourth-order valence-electron chi connectivity index (χ4n) is 2.48. The normalized spacial score (nSPS) is 13.9. The van der Waals surface area contributed by atoms with Gasteiger partial charge < -0.3 is 4.90 Å². The maximum atomic E-state index is 12.2. The monoisotopic (exact) mass is 285 g/mol. The maximum Gasteiger partial charge on any atom is 0.254 e. The summed E-state index contributed by atoms with van der Waals surface area (Å²) in [5.74, 6) is 0.112. The molecule has 0 spiro atoms. The Kier molecular flexibility index (Phi) is 3.18. The first kappa shape index (κ1) is 13.1. The Hall–Kier alpha value is -1.94. The zero-order chi connectivity index (χ0) is 14.3. The summed E-state index contributed by atoms with van der Waals surface area (Å²) in [4.78, 5) is 26.6. The average molecular weight is 285 g/mol. The lowest BCUT2D eigenvalue weighted by Gasteiger charge is -2.19. The molecular weight excluding hydrogens is 270 g/mol. The first-order valence-corrected chi connectivity index (χ1v) is 7.41. The SMILES string of the molecule is CC(C)N1Cc2cc(-c3ccc(C=O)s3)ccc2C1=O. The molecule has 4 heteroatoms. The third kappa shape index (κ3) is 2.06. The molecule has 1 aliphatic rings. The Morgan fingerprint density at radius 1 is 1.25 bits per heavy atom. The lowest BCUT2D eigenvalue weighted by atomic mass is 10.1. The minimum Gasteiger partial charge on any atom is -0.332 e. The minimum absolute atomic E-state index is 0.112. The third-order valence-corrected chi connectivity index (χ3v) is 4.65. The van der Waals surface area contributed by atoms with Gasteiger partial charge >= 0.3 is 0 Å². The number of hydrogen-bond donors (Lipinski definition) is 0. The summed E-state index contributed by atoms with van der Waals surface area (Å²) < 4.78 is 0. The predicted octanol–water partition coefficient (Wildman–Crippen LogP) is 3.59. The van der Waals surface area contributed by atoms with Gasteiger partial charge in [0.25, 0.3) is 5.91 Å². The van der Waals surface area contributed by atoms with Gasteiger partial charge in [0.2, 0.25) is 0 Å². The van der Waals surface area contributed by atoms with Crippen molar-refractivity contribution in [2.75, 3.05) is 0 Å². The van der Waals surface area contributed by atoms with Crippen molar-refractivity contribution in [3.8, 4) is 10.4 Å². The third-order valence-electron chi connectivity index (χ3n) is 3.59. The van der Waals surface area contributed by atoms with Crippen molar-refractivity contribution < 1.29 is 9.59 Å². The van der Waals surface area contributed by atoms with E-state index in [1.54, 1.807) is 0 Å². The highest BCUT2D eigenvalue weighted by Crippen LogP contribution is 2.32. The molecule has 0 unspecified atom stereocenters. The van der Waals surface area contributed by atoms with Gasteiger partial charge in [0.1, 0.15) is 0 Å². The van der Waals surface area contributed by atoms with Crippen LogP contribution >= 0.6 is 11.3 Å². The molecule has 0 N–H and O–H groups in total. The topological polar surface area (TPSA) is 37.4 Å². The number of carbonyl (C=O) groups is 2. The van der Waals surface area contributed by atoms with Crippen LogP contribution in [-0.4, -0.2) is 23.1 Å². The quantitative estimate of drug-likeness (QED) is 0.808. The molecule has 1 aromatic carbocycles. The van der Waals surface area contributed by atoms with Gasteiger partial charge in [0.05, 0.1) is 4.88 Å². The van der Waals surface area contributed by atoms with Gasteiger partial charge in [-0.2, -0.15) is 0 Å². The lowest BCUT2D eigenvalue weighted by Crippen LogP contribution is -2.30. The molecule has 2 heterocycles. The van der Waals surface area contributed by atoms with Gasteiger partial charge in [0, 0.05) is 23.0 Å². The van der Waals surface area contributed by atoms with Crippen LogP contribution in [0.25, 0.3) is 10.4 Å². The largest absolute Gasteiger partial charge is 0.332 e. The van der Waals surface area contributed by atoms with Gasteiger partial charge in [-0.05, 0) is 49.2 Å². The van der Waals surface area contributed by atoms with E-state index in [1.165, 1.54) is 11.3 Å². The Morgan fingerprint density at radius 2 is 2.05 bits per heavy atom. The second-order valence-electron chi connectivity index (χ2n) is 5.22. The molecule has 0 saturated carbocycles. The van der Waals surface area contributed by atoms with Crippen LogP contribution in [0.15, 0.2) is 30.3 Å². The van der Waals surface area contributed by atoms with Gasteiger partial charge in [0.15, 0.2) is 6.29 Å². The zero-order valence-corrected chi connectivity index (χ0v) is 12.2. The first-order chi connectivity index (χ1) is 9.60. The number of nitrogens with zero attached hydrogens (tertiary/aromatic N) is 1. The van der Waals surface area contributed by atoms with E-state index < -0.39 is 0 Å². The van der Waals surface area contributed by atoms with Crippen molar-refractivity contribution in [1.29, 1.82) is 0 Å². The number of amides is 1. The highest BCUT2D eigenvalue weighted by atomic mass is 32.1. The second-order valence-corrected chi connectivity index (χ2v) is 6.33. The molecule has 102 valence electrons. The van der Waals surface area contributed by atoms with E-state index in [2.05, 4.69) is 6.07 Å². The molecule has 0 radical (unpaired) electrons. The molecule has 0 aliphatic carbocycles. The van der Waals surface area contributed by atoms with E-state index in [4.69, 9.17) is 0 Å². The average Bonchev–Trinajstić information content (AvgIpc) is 3.03. The van der Waals surface area contributed by atoms with Crippen molar-refractivity contribution >= 4 is 23.5 Å². The van der Waals surface area contributed by atoms with Gasteiger partial charge in [-0.3, -0.25) is 9.59 Å². The fraction of sp³-hybridized carbons (Fsp3) is 0.250. The number of rotatable bonds is 3. The van der Waals surface area contributed by atoms with E-state index >= 15 is 0 Å². The van der Waals surface area contributed by atoms with Crippen LogP contribution in [0.1, 0.15) is 39.4 Å². The Labute approximate surface area is 121 Å². The van der Waals surface area contributed by atoms with Crippen molar-refractivity contribution in [3.63, 3.8) is 0 Å². The smallest absolute Gasteiger partial charge is 0.254 e. The standard InChI is InChI=1S/C16H15NO2S/c1-10(2)17-8-12-7-11(3-5-14(12)16(17)19)15-6-4-13(9-18)20-15/h3-7,9-10H,8H2,1-2H3. The van der Waals surface area contributed by atoms with Gasteiger partial charge in [-0.1, -0.05) is 6.07 Å². The fourth-order valence-corrected chi connectivity index (χ4v) is 3.30.